The van der Waals surface area contributed by atoms with Crippen molar-refractivity contribution in [1.29, 1.82) is 0 Å². The summed E-state index contributed by atoms with van der Waals surface area (Å²) in [6.07, 6.45) is 1.16. The summed E-state index contributed by atoms with van der Waals surface area (Å²) in [5, 5.41) is 0. The smallest absolute Gasteiger partial charge is 0.254 e. The second-order valence-corrected chi connectivity index (χ2v) is 5.20. The first-order valence-corrected chi connectivity index (χ1v) is 7.19. The number of nitrogens with zero attached hydrogens (tertiary/aromatic N) is 2. The number of hydrogen-bond acceptors (Lipinski definition) is 4. The van der Waals surface area contributed by atoms with Crippen LogP contribution in [0.2, 0.25) is 0 Å². The Morgan fingerprint density at radius 2 is 1.90 bits per heavy atom. The standard InChI is InChI=1S/C15H20N2O3/c1-2-5-16-6-8-17(9-7-16)15(18)12-3-4-13-14(10-12)20-11-19-13/h3-4,10H,2,5-9,11H2,1H3. The Balaban J connectivity index is 1.65. The van der Waals surface area contributed by atoms with Crippen molar-refractivity contribution in [2.24, 2.45) is 0 Å². The number of fused-ring (bicyclic) bond motifs is 1. The maximum absolute atomic E-state index is 12.5. The molecule has 1 saturated heterocycles. The largest absolute Gasteiger partial charge is 0.454 e. The molecule has 0 aromatic heterocycles. The van der Waals surface area contributed by atoms with Crippen molar-refractivity contribution in [3.63, 3.8) is 0 Å². The summed E-state index contributed by atoms with van der Waals surface area (Å²) in [6.45, 7) is 7.06. The number of amides is 1. The number of carbonyl (C=O) groups is 1. The van der Waals surface area contributed by atoms with Crippen molar-refractivity contribution in [3.8, 4) is 11.5 Å². The van der Waals surface area contributed by atoms with E-state index in [2.05, 4.69) is 11.8 Å². The van der Waals surface area contributed by atoms with E-state index >= 15 is 0 Å². The number of ether oxygens (including phenoxy) is 2. The van der Waals surface area contributed by atoms with E-state index in [0.717, 1.165) is 39.1 Å². The van der Waals surface area contributed by atoms with Crippen molar-refractivity contribution >= 4 is 5.91 Å². The molecule has 1 aromatic rings. The van der Waals surface area contributed by atoms with E-state index in [-0.39, 0.29) is 12.7 Å². The van der Waals surface area contributed by atoms with Crippen LogP contribution in [0.5, 0.6) is 11.5 Å². The molecule has 0 aliphatic carbocycles. The Kier molecular flexibility index (Phi) is 3.78. The molecule has 2 aliphatic heterocycles. The van der Waals surface area contributed by atoms with Crippen LogP contribution in [-0.2, 0) is 0 Å². The van der Waals surface area contributed by atoms with Gasteiger partial charge in [-0.15, -0.1) is 0 Å². The van der Waals surface area contributed by atoms with Gasteiger partial charge in [0.15, 0.2) is 11.5 Å². The van der Waals surface area contributed by atoms with E-state index in [1.807, 2.05) is 17.0 Å². The molecule has 2 heterocycles. The summed E-state index contributed by atoms with van der Waals surface area (Å²) in [7, 11) is 0. The third-order valence-electron chi connectivity index (χ3n) is 3.82. The predicted octanol–water partition coefficient (Wildman–Crippen LogP) is 1.58. The molecule has 5 nitrogen and oxygen atoms in total. The summed E-state index contributed by atoms with van der Waals surface area (Å²) >= 11 is 0. The number of rotatable bonds is 3. The van der Waals surface area contributed by atoms with E-state index in [0.29, 0.717) is 17.1 Å². The van der Waals surface area contributed by atoms with Gasteiger partial charge in [0, 0.05) is 31.7 Å². The second kappa shape index (κ2) is 5.71. The van der Waals surface area contributed by atoms with E-state index in [4.69, 9.17) is 9.47 Å². The highest BCUT2D eigenvalue weighted by molar-refractivity contribution is 5.95. The van der Waals surface area contributed by atoms with Crippen LogP contribution in [0.25, 0.3) is 0 Å². The van der Waals surface area contributed by atoms with Gasteiger partial charge in [-0.3, -0.25) is 9.69 Å². The maximum Gasteiger partial charge on any atom is 0.254 e. The summed E-state index contributed by atoms with van der Waals surface area (Å²) in [6, 6.07) is 5.40. The Hall–Kier alpha value is -1.75. The number of piperazine rings is 1. The SMILES string of the molecule is CCCN1CCN(C(=O)c2ccc3c(c2)OCO3)CC1. The third kappa shape index (κ3) is 2.58. The van der Waals surface area contributed by atoms with Gasteiger partial charge in [0.1, 0.15) is 0 Å². The monoisotopic (exact) mass is 276 g/mol. The zero-order chi connectivity index (χ0) is 13.9. The van der Waals surface area contributed by atoms with Crippen LogP contribution in [0.4, 0.5) is 0 Å². The topological polar surface area (TPSA) is 42.0 Å². The van der Waals surface area contributed by atoms with Crippen molar-refractivity contribution < 1.29 is 14.3 Å². The molecule has 1 aromatic carbocycles. The van der Waals surface area contributed by atoms with Crippen LogP contribution >= 0.6 is 0 Å². The normalized spacial score (nSPS) is 18.4. The molecule has 20 heavy (non-hydrogen) atoms. The number of benzene rings is 1. The van der Waals surface area contributed by atoms with Gasteiger partial charge in [0.25, 0.3) is 5.91 Å². The van der Waals surface area contributed by atoms with Crippen LogP contribution in [-0.4, -0.2) is 55.2 Å². The summed E-state index contributed by atoms with van der Waals surface area (Å²) < 4.78 is 10.6. The lowest BCUT2D eigenvalue weighted by atomic mass is 10.1. The highest BCUT2D eigenvalue weighted by atomic mass is 16.7. The molecule has 0 unspecified atom stereocenters. The van der Waals surface area contributed by atoms with Gasteiger partial charge >= 0.3 is 0 Å². The fraction of sp³-hybridized carbons (Fsp3) is 0.533. The van der Waals surface area contributed by atoms with Crippen LogP contribution < -0.4 is 9.47 Å². The Morgan fingerprint density at radius 1 is 1.15 bits per heavy atom. The van der Waals surface area contributed by atoms with Gasteiger partial charge < -0.3 is 14.4 Å². The van der Waals surface area contributed by atoms with E-state index in [9.17, 15) is 4.79 Å². The lowest BCUT2D eigenvalue weighted by Gasteiger charge is -2.34. The van der Waals surface area contributed by atoms with Crippen molar-refractivity contribution in [2.45, 2.75) is 13.3 Å². The minimum atomic E-state index is 0.0828. The Morgan fingerprint density at radius 3 is 2.65 bits per heavy atom. The van der Waals surface area contributed by atoms with Gasteiger partial charge in [-0.05, 0) is 31.2 Å². The number of carbonyl (C=O) groups excluding carboxylic acids is 1. The third-order valence-corrected chi connectivity index (χ3v) is 3.82. The predicted molar refractivity (Wildman–Crippen MR) is 75.2 cm³/mol. The van der Waals surface area contributed by atoms with Crippen molar-refractivity contribution in [3.05, 3.63) is 23.8 Å². The van der Waals surface area contributed by atoms with Crippen LogP contribution in [0.15, 0.2) is 18.2 Å². The molecular weight excluding hydrogens is 256 g/mol. The summed E-state index contributed by atoms with van der Waals surface area (Å²) in [5.74, 6) is 1.47. The number of hydrogen-bond donors (Lipinski definition) is 0. The minimum absolute atomic E-state index is 0.0828. The maximum atomic E-state index is 12.5. The zero-order valence-electron chi connectivity index (χ0n) is 11.8. The zero-order valence-corrected chi connectivity index (χ0v) is 11.8. The first-order valence-electron chi connectivity index (χ1n) is 7.19. The molecule has 0 spiro atoms. The molecule has 0 bridgehead atoms. The molecule has 3 rings (SSSR count). The average Bonchev–Trinajstić information content (AvgIpc) is 2.95. The van der Waals surface area contributed by atoms with Crippen molar-refractivity contribution in [2.75, 3.05) is 39.5 Å². The lowest BCUT2D eigenvalue weighted by Crippen LogP contribution is -2.48. The highest BCUT2D eigenvalue weighted by Gasteiger charge is 2.23. The first-order chi connectivity index (χ1) is 9.78. The molecule has 0 radical (unpaired) electrons. The highest BCUT2D eigenvalue weighted by Crippen LogP contribution is 2.32. The molecule has 5 heteroatoms. The molecule has 2 aliphatic rings. The van der Waals surface area contributed by atoms with E-state index < -0.39 is 0 Å². The van der Waals surface area contributed by atoms with Gasteiger partial charge in [-0.25, -0.2) is 0 Å². The van der Waals surface area contributed by atoms with Crippen LogP contribution in [0.1, 0.15) is 23.7 Å². The fourth-order valence-electron chi connectivity index (χ4n) is 2.70. The van der Waals surface area contributed by atoms with E-state index in [1.54, 1.807) is 6.07 Å². The molecular formula is C15H20N2O3. The van der Waals surface area contributed by atoms with E-state index in [1.165, 1.54) is 0 Å². The van der Waals surface area contributed by atoms with Gasteiger partial charge in [-0.1, -0.05) is 6.92 Å². The molecule has 0 saturated carbocycles. The first kappa shape index (κ1) is 13.2. The van der Waals surface area contributed by atoms with Crippen molar-refractivity contribution in [1.82, 2.24) is 9.80 Å². The lowest BCUT2D eigenvalue weighted by molar-refractivity contribution is 0.0637. The average molecular weight is 276 g/mol. The molecule has 1 fully saturated rings. The summed E-state index contributed by atoms with van der Waals surface area (Å²) in [4.78, 5) is 16.8. The second-order valence-electron chi connectivity index (χ2n) is 5.20. The van der Waals surface area contributed by atoms with Gasteiger partial charge in [0.2, 0.25) is 6.79 Å². The molecule has 1 amide bonds. The molecule has 108 valence electrons. The Bertz CT molecular complexity index is 496. The molecule has 0 N–H and O–H groups in total. The minimum Gasteiger partial charge on any atom is -0.454 e. The summed E-state index contributed by atoms with van der Waals surface area (Å²) in [5.41, 5.74) is 0.679. The Labute approximate surface area is 119 Å². The molecule has 0 atom stereocenters. The quantitative estimate of drug-likeness (QED) is 0.840. The van der Waals surface area contributed by atoms with Crippen LogP contribution in [0.3, 0.4) is 0 Å². The van der Waals surface area contributed by atoms with Gasteiger partial charge in [-0.2, -0.15) is 0 Å². The van der Waals surface area contributed by atoms with Crippen LogP contribution in [0, 0.1) is 0 Å². The fourth-order valence-corrected chi connectivity index (χ4v) is 2.70. The van der Waals surface area contributed by atoms with Gasteiger partial charge in [0.05, 0.1) is 0 Å².